The van der Waals surface area contributed by atoms with Crippen LogP contribution < -0.4 is 10.1 Å². The SMILES string of the molecule is CCOC(=O)C1=C(C)NC2=C(C(=O)CC(C)(C)C2)[C@H]1c1cc(COc2ccc(Cl)cc2)c(C)cc1C. The van der Waals surface area contributed by atoms with E-state index >= 15 is 0 Å². The zero-order valence-corrected chi connectivity index (χ0v) is 22.6. The number of Topliss-reactive ketones (excluding diaryl/α,β-unsaturated/α-hetero) is 1. The third-order valence-electron chi connectivity index (χ3n) is 6.98. The molecule has 190 valence electrons. The van der Waals surface area contributed by atoms with E-state index < -0.39 is 11.9 Å². The zero-order valence-electron chi connectivity index (χ0n) is 21.9. The number of hydrogen-bond donors (Lipinski definition) is 1. The smallest absolute Gasteiger partial charge is 0.336 e. The molecule has 0 amide bonds. The molecule has 2 aromatic carbocycles. The molecule has 0 fully saturated rings. The monoisotopic (exact) mass is 507 g/mol. The summed E-state index contributed by atoms with van der Waals surface area (Å²) in [6.07, 6.45) is 1.19. The van der Waals surface area contributed by atoms with Crippen molar-refractivity contribution in [1.29, 1.82) is 0 Å². The minimum Gasteiger partial charge on any atom is -0.489 e. The van der Waals surface area contributed by atoms with Gasteiger partial charge >= 0.3 is 5.97 Å². The highest BCUT2D eigenvalue weighted by atomic mass is 35.5. The molecule has 0 aromatic heterocycles. The van der Waals surface area contributed by atoms with Crippen LogP contribution in [-0.4, -0.2) is 18.4 Å². The Labute approximate surface area is 218 Å². The van der Waals surface area contributed by atoms with E-state index in [-0.39, 0.29) is 17.8 Å². The Morgan fingerprint density at radius 3 is 2.44 bits per heavy atom. The van der Waals surface area contributed by atoms with Gasteiger partial charge in [-0.3, -0.25) is 4.79 Å². The van der Waals surface area contributed by atoms with Gasteiger partial charge in [-0.15, -0.1) is 0 Å². The van der Waals surface area contributed by atoms with Crippen LogP contribution >= 0.6 is 11.6 Å². The molecule has 6 heteroatoms. The number of nitrogens with one attached hydrogen (secondary N) is 1. The molecule has 0 saturated carbocycles. The van der Waals surface area contributed by atoms with Crippen molar-refractivity contribution < 1.29 is 19.1 Å². The van der Waals surface area contributed by atoms with Gasteiger partial charge in [-0.1, -0.05) is 37.6 Å². The summed E-state index contributed by atoms with van der Waals surface area (Å²) in [5, 5.41) is 4.05. The number of dihydropyridines is 1. The molecule has 1 heterocycles. The Morgan fingerprint density at radius 2 is 1.78 bits per heavy atom. The van der Waals surface area contributed by atoms with E-state index in [1.165, 1.54) is 0 Å². The van der Waals surface area contributed by atoms with E-state index in [0.29, 0.717) is 29.2 Å². The zero-order chi connectivity index (χ0) is 26.2. The van der Waals surface area contributed by atoms with Crippen molar-refractivity contribution >= 4 is 23.4 Å². The Kier molecular flexibility index (Phi) is 7.33. The summed E-state index contributed by atoms with van der Waals surface area (Å²) in [4.78, 5) is 26.8. The molecule has 1 N–H and O–H groups in total. The molecule has 0 saturated heterocycles. The number of carbonyl (C=O) groups is 2. The van der Waals surface area contributed by atoms with Gasteiger partial charge in [0, 0.05) is 34.3 Å². The second-order valence-electron chi connectivity index (χ2n) is 10.5. The number of hydrogen-bond acceptors (Lipinski definition) is 5. The minimum absolute atomic E-state index is 0.0759. The van der Waals surface area contributed by atoms with Gasteiger partial charge in [-0.2, -0.15) is 0 Å². The molecule has 1 aliphatic heterocycles. The lowest BCUT2D eigenvalue weighted by molar-refractivity contribution is -0.138. The maximum absolute atomic E-state index is 13.6. The molecule has 0 bridgehead atoms. The van der Waals surface area contributed by atoms with Crippen molar-refractivity contribution in [1.82, 2.24) is 5.32 Å². The molecular formula is C30H34ClNO4. The first-order chi connectivity index (χ1) is 17.0. The van der Waals surface area contributed by atoms with Gasteiger partial charge < -0.3 is 14.8 Å². The summed E-state index contributed by atoms with van der Waals surface area (Å²) in [6.45, 7) is 12.6. The Hall–Kier alpha value is -3.05. The number of rotatable bonds is 6. The van der Waals surface area contributed by atoms with Crippen molar-refractivity contribution in [2.75, 3.05) is 6.61 Å². The first-order valence-corrected chi connectivity index (χ1v) is 12.8. The van der Waals surface area contributed by atoms with Gasteiger partial charge in [0.25, 0.3) is 0 Å². The Balaban J connectivity index is 1.81. The van der Waals surface area contributed by atoms with Crippen molar-refractivity contribution in [3.05, 3.63) is 86.2 Å². The number of benzene rings is 2. The quantitative estimate of drug-likeness (QED) is 0.440. The fourth-order valence-electron chi connectivity index (χ4n) is 5.30. The fourth-order valence-corrected chi connectivity index (χ4v) is 5.43. The van der Waals surface area contributed by atoms with Gasteiger partial charge in [0.05, 0.1) is 12.2 Å². The van der Waals surface area contributed by atoms with Crippen LogP contribution in [0.5, 0.6) is 5.75 Å². The maximum atomic E-state index is 13.6. The van der Waals surface area contributed by atoms with Gasteiger partial charge in [-0.25, -0.2) is 4.79 Å². The summed E-state index contributed by atoms with van der Waals surface area (Å²) in [5.41, 5.74) is 6.72. The highest BCUT2D eigenvalue weighted by molar-refractivity contribution is 6.30. The average Bonchev–Trinajstić information content (AvgIpc) is 2.78. The summed E-state index contributed by atoms with van der Waals surface area (Å²) in [7, 11) is 0. The van der Waals surface area contributed by atoms with E-state index in [1.54, 1.807) is 19.1 Å². The van der Waals surface area contributed by atoms with Crippen LogP contribution in [0.25, 0.3) is 0 Å². The molecule has 5 nitrogen and oxygen atoms in total. The van der Waals surface area contributed by atoms with Gasteiger partial charge in [-0.05, 0) is 86.1 Å². The average molecular weight is 508 g/mol. The van der Waals surface area contributed by atoms with Crippen molar-refractivity contribution in [3.8, 4) is 5.75 Å². The van der Waals surface area contributed by atoms with Crippen LogP contribution in [0.3, 0.4) is 0 Å². The number of ether oxygens (including phenoxy) is 2. The molecule has 2 aromatic rings. The highest BCUT2D eigenvalue weighted by Crippen LogP contribution is 2.47. The Bertz CT molecular complexity index is 1270. The number of esters is 1. The summed E-state index contributed by atoms with van der Waals surface area (Å²) < 4.78 is 11.5. The summed E-state index contributed by atoms with van der Waals surface area (Å²) in [6, 6.07) is 11.5. The van der Waals surface area contributed by atoms with E-state index in [4.69, 9.17) is 21.1 Å². The van der Waals surface area contributed by atoms with E-state index in [0.717, 1.165) is 45.8 Å². The van der Waals surface area contributed by atoms with Crippen molar-refractivity contribution in [2.45, 2.75) is 66.9 Å². The first-order valence-electron chi connectivity index (χ1n) is 12.4. The first kappa shape index (κ1) is 26.0. The third kappa shape index (κ3) is 5.22. The molecular weight excluding hydrogens is 474 g/mol. The fraction of sp³-hybridized carbons (Fsp3) is 0.400. The number of ketones is 1. The van der Waals surface area contributed by atoms with E-state index in [9.17, 15) is 9.59 Å². The molecule has 4 rings (SSSR count). The predicted molar refractivity (Wildman–Crippen MR) is 142 cm³/mol. The van der Waals surface area contributed by atoms with Crippen LogP contribution in [0.15, 0.2) is 58.9 Å². The summed E-state index contributed by atoms with van der Waals surface area (Å²) in [5.74, 6) is -0.0816. The molecule has 0 radical (unpaired) electrons. The normalized spacial score (nSPS) is 19.1. The number of halogens is 1. The lowest BCUT2D eigenvalue weighted by Crippen LogP contribution is -2.39. The second kappa shape index (κ2) is 10.1. The topological polar surface area (TPSA) is 64.6 Å². The standard InChI is InChI=1S/C30H34ClNO4/c1-7-35-29(34)26-19(4)32-24-14-30(5,6)15-25(33)28(24)27(26)23-13-20(17(2)12-18(23)3)16-36-22-10-8-21(31)9-11-22/h8-13,27,32H,7,14-16H2,1-6H3/t27-/m0/s1. The maximum Gasteiger partial charge on any atom is 0.336 e. The van der Waals surface area contributed by atoms with Crippen molar-refractivity contribution in [3.63, 3.8) is 0 Å². The second-order valence-corrected chi connectivity index (χ2v) is 11.0. The minimum atomic E-state index is -0.487. The van der Waals surface area contributed by atoms with Crippen LogP contribution in [0, 0.1) is 19.3 Å². The largest absolute Gasteiger partial charge is 0.489 e. The lowest BCUT2D eigenvalue weighted by Gasteiger charge is -2.40. The molecule has 1 atom stereocenters. The molecule has 2 aliphatic rings. The number of aryl methyl sites for hydroxylation is 2. The van der Waals surface area contributed by atoms with Crippen LogP contribution in [0.4, 0.5) is 0 Å². The van der Waals surface area contributed by atoms with Crippen LogP contribution in [-0.2, 0) is 20.9 Å². The van der Waals surface area contributed by atoms with Gasteiger partial charge in [0.15, 0.2) is 5.78 Å². The van der Waals surface area contributed by atoms with Gasteiger partial charge in [0.1, 0.15) is 12.4 Å². The third-order valence-corrected chi connectivity index (χ3v) is 7.23. The van der Waals surface area contributed by atoms with Crippen LogP contribution in [0.1, 0.15) is 68.7 Å². The molecule has 1 aliphatic carbocycles. The molecule has 36 heavy (non-hydrogen) atoms. The lowest BCUT2D eigenvalue weighted by atomic mass is 9.68. The van der Waals surface area contributed by atoms with E-state index in [2.05, 4.69) is 31.3 Å². The molecule has 0 unspecified atom stereocenters. The molecule has 0 spiro atoms. The van der Waals surface area contributed by atoms with Crippen molar-refractivity contribution in [2.24, 2.45) is 5.41 Å². The van der Waals surface area contributed by atoms with E-state index in [1.807, 2.05) is 32.9 Å². The Morgan fingerprint density at radius 1 is 1.08 bits per heavy atom. The number of carbonyl (C=O) groups excluding carboxylic acids is 2. The highest BCUT2D eigenvalue weighted by Gasteiger charge is 2.43. The van der Waals surface area contributed by atoms with Crippen LogP contribution in [0.2, 0.25) is 5.02 Å². The van der Waals surface area contributed by atoms with Gasteiger partial charge in [0.2, 0.25) is 0 Å². The summed E-state index contributed by atoms with van der Waals surface area (Å²) >= 11 is 6.00. The predicted octanol–water partition coefficient (Wildman–Crippen LogP) is 6.70. The number of allylic oxidation sites excluding steroid dienone is 3.